The average molecular weight is 232 g/mol. The minimum absolute atomic E-state index is 0.0292. The standard InChI is InChI=1S/C15H20O2/c1-9-5-4-7-15(3)8-6-11-10(2)14(16)17-13(11)12(9)15/h11-13H,1-2,4-8H2,3H3/t11-,12+,13+,15+/m1/s1. The number of esters is 1. The summed E-state index contributed by atoms with van der Waals surface area (Å²) in [7, 11) is 0. The van der Waals surface area contributed by atoms with Crippen LogP contribution in [-0.4, -0.2) is 12.1 Å². The molecule has 0 aromatic heterocycles. The second-order valence-corrected chi connectivity index (χ2v) is 6.18. The fourth-order valence-corrected chi connectivity index (χ4v) is 4.19. The third-order valence-electron chi connectivity index (χ3n) is 5.14. The quantitative estimate of drug-likeness (QED) is 0.364. The van der Waals surface area contributed by atoms with E-state index in [1.54, 1.807) is 0 Å². The largest absolute Gasteiger partial charge is 0.458 e. The Labute approximate surface area is 103 Å². The molecule has 0 spiro atoms. The van der Waals surface area contributed by atoms with Crippen LogP contribution in [0.4, 0.5) is 0 Å². The van der Waals surface area contributed by atoms with E-state index in [9.17, 15) is 4.79 Å². The van der Waals surface area contributed by atoms with Gasteiger partial charge in [-0.3, -0.25) is 0 Å². The van der Waals surface area contributed by atoms with E-state index in [4.69, 9.17) is 4.74 Å². The van der Waals surface area contributed by atoms with Crippen LogP contribution >= 0.6 is 0 Å². The highest BCUT2D eigenvalue weighted by atomic mass is 16.6. The fraction of sp³-hybridized carbons (Fsp3) is 0.667. The highest BCUT2D eigenvalue weighted by Crippen LogP contribution is 2.57. The Balaban J connectivity index is 1.98. The van der Waals surface area contributed by atoms with Crippen molar-refractivity contribution >= 4 is 5.97 Å². The number of ether oxygens (including phenoxy) is 1. The average Bonchev–Trinajstić information content (AvgIpc) is 2.54. The monoisotopic (exact) mass is 232 g/mol. The zero-order valence-corrected chi connectivity index (χ0v) is 10.5. The summed E-state index contributed by atoms with van der Waals surface area (Å²) in [5.74, 6) is 0.427. The van der Waals surface area contributed by atoms with Crippen LogP contribution in [0.3, 0.4) is 0 Å². The lowest BCUT2D eigenvalue weighted by molar-refractivity contribution is -0.145. The number of hydrogen-bond donors (Lipinski definition) is 0. The zero-order chi connectivity index (χ0) is 12.2. The summed E-state index contributed by atoms with van der Waals surface area (Å²) in [5, 5.41) is 0. The first-order valence-electron chi connectivity index (χ1n) is 6.60. The summed E-state index contributed by atoms with van der Waals surface area (Å²) in [6.07, 6.45) is 5.82. The van der Waals surface area contributed by atoms with Crippen molar-refractivity contribution in [3.8, 4) is 0 Å². The molecule has 92 valence electrons. The Morgan fingerprint density at radius 3 is 2.88 bits per heavy atom. The van der Waals surface area contributed by atoms with Crippen molar-refractivity contribution in [2.45, 2.75) is 45.1 Å². The molecule has 0 amide bonds. The van der Waals surface area contributed by atoms with E-state index in [1.807, 2.05) is 0 Å². The van der Waals surface area contributed by atoms with Gasteiger partial charge in [-0.25, -0.2) is 4.79 Å². The zero-order valence-electron chi connectivity index (χ0n) is 10.5. The van der Waals surface area contributed by atoms with Crippen molar-refractivity contribution in [1.82, 2.24) is 0 Å². The lowest BCUT2D eigenvalue weighted by Gasteiger charge is -2.50. The van der Waals surface area contributed by atoms with Crippen LogP contribution in [0.5, 0.6) is 0 Å². The van der Waals surface area contributed by atoms with Gasteiger partial charge in [0, 0.05) is 17.4 Å². The van der Waals surface area contributed by atoms with E-state index >= 15 is 0 Å². The molecule has 2 nitrogen and oxygen atoms in total. The third kappa shape index (κ3) is 1.42. The Bertz CT molecular complexity index is 409. The van der Waals surface area contributed by atoms with Crippen LogP contribution < -0.4 is 0 Å². The highest BCUT2D eigenvalue weighted by Gasteiger charge is 2.54. The van der Waals surface area contributed by atoms with Gasteiger partial charge in [0.1, 0.15) is 6.10 Å². The van der Waals surface area contributed by atoms with Gasteiger partial charge in [0.2, 0.25) is 0 Å². The smallest absolute Gasteiger partial charge is 0.334 e. The maximum atomic E-state index is 11.7. The van der Waals surface area contributed by atoms with Crippen LogP contribution in [0.25, 0.3) is 0 Å². The molecular formula is C15H20O2. The molecule has 1 heterocycles. The van der Waals surface area contributed by atoms with Gasteiger partial charge in [0.15, 0.2) is 0 Å². The number of hydrogen-bond acceptors (Lipinski definition) is 2. The van der Waals surface area contributed by atoms with Crippen LogP contribution in [0.2, 0.25) is 0 Å². The Kier molecular flexibility index (Phi) is 2.26. The molecular weight excluding hydrogens is 212 g/mol. The Morgan fingerprint density at radius 2 is 2.12 bits per heavy atom. The molecule has 0 aromatic carbocycles. The summed E-state index contributed by atoms with van der Waals surface area (Å²) in [4.78, 5) is 11.7. The van der Waals surface area contributed by atoms with Crippen LogP contribution in [0.1, 0.15) is 39.0 Å². The molecule has 3 aliphatic rings. The molecule has 1 aliphatic heterocycles. The van der Waals surface area contributed by atoms with Gasteiger partial charge in [0.05, 0.1) is 0 Å². The molecule has 1 saturated heterocycles. The molecule has 0 unspecified atom stereocenters. The van der Waals surface area contributed by atoms with E-state index in [0.717, 1.165) is 12.8 Å². The predicted octanol–water partition coefficient (Wildman–Crippen LogP) is 3.24. The number of fused-ring (bicyclic) bond motifs is 3. The minimum atomic E-state index is -0.178. The van der Waals surface area contributed by atoms with Crippen molar-refractivity contribution in [3.63, 3.8) is 0 Å². The van der Waals surface area contributed by atoms with Gasteiger partial charge >= 0.3 is 5.97 Å². The van der Waals surface area contributed by atoms with E-state index in [1.165, 1.54) is 24.8 Å². The van der Waals surface area contributed by atoms with Gasteiger partial charge in [-0.15, -0.1) is 0 Å². The van der Waals surface area contributed by atoms with Gasteiger partial charge in [-0.05, 0) is 37.5 Å². The van der Waals surface area contributed by atoms with Gasteiger partial charge in [-0.2, -0.15) is 0 Å². The van der Waals surface area contributed by atoms with Crippen molar-refractivity contribution in [2.24, 2.45) is 17.3 Å². The van der Waals surface area contributed by atoms with Crippen molar-refractivity contribution in [2.75, 3.05) is 0 Å². The first kappa shape index (κ1) is 11.1. The topological polar surface area (TPSA) is 26.3 Å². The summed E-state index contributed by atoms with van der Waals surface area (Å²) < 4.78 is 5.58. The molecule has 4 atom stereocenters. The SMILES string of the molecule is C=C1C(=O)O[C@H]2[C@@H]1CC[C@]1(C)CCCC(=C)[C@@H]21. The minimum Gasteiger partial charge on any atom is -0.458 e. The molecule has 0 N–H and O–H groups in total. The van der Waals surface area contributed by atoms with E-state index in [2.05, 4.69) is 20.1 Å². The summed E-state index contributed by atoms with van der Waals surface area (Å²) >= 11 is 0. The second-order valence-electron chi connectivity index (χ2n) is 6.18. The third-order valence-corrected chi connectivity index (χ3v) is 5.14. The van der Waals surface area contributed by atoms with E-state index in [-0.39, 0.29) is 18.0 Å². The first-order chi connectivity index (χ1) is 8.03. The molecule has 0 bridgehead atoms. The van der Waals surface area contributed by atoms with Crippen molar-refractivity contribution in [3.05, 3.63) is 24.3 Å². The van der Waals surface area contributed by atoms with Gasteiger partial charge in [0.25, 0.3) is 0 Å². The van der Waals surface area contributed by atoms with Crippen LogP contribution in [0.15, 0.2) is 24.3 Å². The molecule has 17 heavy (non-hydrogen) atoms. The summed E-state index contributed by atoms with van der Waals surface area (Å²) in [6, 6.07) is 0. The lowest BCUT2D eigenvalue weighted by atomic mass is 9.55. The van der Waals surface area contributed by atoms with E-state index in [0.29, 0.717) is 16.9 Å². The van der Waals surface area contributed by atoms with Gasteiger partial charge < -0.3 is 4.74 Å². The Hall–Kier alpha value is -1.05. The number of rotatable bonds is 0. The molecule has 2 heteroatoms. The van der Waals surface area contributed by atoms with Crippen LogP contribution in [-0.2, 0) is 9.53 Å². The predicted molar refractivity (Wildman–Crippen MR) is 66.3 cm³/mol. The molecule has 3 fully saturated rings. The highest BCUT2D eigenvalue weighted by molar-refractivity contribution is 5.91. The Morgan fingerprint density at radius 1 is 1.35 bits per heavy atom. The maximum Gasteiger partial charge on any atom is 0.334 e. The molecule has 0 aromatic rings. The molecule has 2 aliphatic carbocycles. The molecule has 3 rings (SSSR count). The second kappa shape index (κ2) is 3.47. The maximum absolute atomic E-state index is 11.7. The van der Waals surface area contributed by atoms with Crippen LogP contribution in [0, 0.1) is 17.3 Å². The molecule has 0 radical (unpaired) electrons. The van der Waals surface area contributed by atoms with E-state index < -0.39 is 0 Å². The lowest BCUT2D eigenvalue weighted by Crippen LogP contribution is -2.46. The fourth-order valence-electron chi connectivity index (χ4n) is 4.19. The molecule has 2 saturated carbocycles. The van der Waals surface area contributed by atoms with Crippen molar-refractivity contribution in [1.29, 1.82) is 0 Å². The summed E-state index contributed by atoms with van der Waals surface area (Å²) in [5.41, 5.74) is 2.27. The number of carbonyl (C=O) groups is 1. The summed E-state index contributed by atoms with van der Waals surface area (Å²) in [6.45, 7) is 10.5. The first-order valence-corrected chi connectivity index (χ1v) is 6.60. The van der Waals surface area contributed by atoms with Gasteiger partial charge in [-0.1, -0.05) is 25.7 Å². The normalized spacial score (nSPS) is 45.2. The van der Waals surface area contributed by atoms with Crippen molar-refractivity contribution < 1.29 is 9.53 Å². The number of carbonyl (C=O) groups excluding carboxylic acids is 1.